The van der Waals surface area contributed by atoms with Crippen molar-refractivity contribution in [2.75, 3.05) is 26.2 Å². The number of benzene rings is 1. The number of aryl methyl sites for hydroxylation is 1. The van der Waals surface area contributed by atoms with Gasteiger partial charge >= 0.3 is 0 Å². The zero-order valence-electron chi connectivity index (χ0n) is 12.7. The number of hydrogen-bond donors (Lipinski definition) is 1. The van der Waals surface area contributed by atoms with Gasteiger partial charge in [-0.05, 0) is 31.0 Å². The lowest BCUT2D eigenvalue weighted by Gasteiger charge is -2.35. The molecule has 1 aromatic heterocycles. The van der Waals surface area contributed by atoms with Gasteiger partial charge in [0.25, 0.3) is 0 Å². The van der Waals surface area contributed by atoms with Gasteiger partial charge < -0.3 is 9.88 Å². The van der Waals surface area contributed by atoms with E-state index >= 15 is 0 Å². The number of amides is 1. The number of nitrogens with zero attached hydrogens (tertiary/aromatic N) is 3. The highest BCUT2D eigenvalue weighted by atomic mass is 16.1. The number of H-pyrrole nitrogens is 1. The number of fused-ring (bicyclic) bond motifs is 1. The van der Waals surface area contributed by atoms with Gasteiger partial charge in [0, 0.05) is 26.2 Å². The third kappa shape index (κ3) is 2.78. The second-order valence-electron chi connectivity index (χ2n) is 5.68. The first kappa shape index (κ1) is 14.1. The van der Waals surface area contributed by atoms with Crippen molar-refractivity contribution in [3.8, 4) is 0 Å². The molecule has 1 N–H and O–H groups in total. The number of aromatic amines is 1. The molecule has 1 unspecified atom stereocenters. The van der Waals surface area contributed by atoms with Crippen LogP contribution in [-0.2, 0) is 11.2 Å². The Hall–Kier alpha value is -1.88. The maximum absolute atomic E-state index is 10.8. The Morgan fingerprint density at radius 2 is 2.10 bits per heavy atom. The number of imidazole rings is 1. The molecule has 0 spiro atoms. The van der Waals surface area contributed by atoms with Crippen LogP contribution in [-0.4, -0.2) is 52.4 Å². The molecule has 1 amide bonds. The van der Waals surface area contributed by atoms with Gasteiger partial charge in [0.2, 0.25) is 6.41 Å². The number of rotatable bonds is 4. The summed E-state index contributed by atoms with van der Waals surface area (Å²) in [6.07, 6.45) is 1.98. The Morgan fingerprint density at radius 3 is 2.76 bits per heavy atom. The summed E-state index contributed by atoms with van der Waals surface area (Å²) in [5.74, 6) is 1.01. The molecule has 112 valence electrons. The van der Waals surface area contributed by atoms with Crippen molar-refractivity contribution in [1.29, 1.82) is 0 Å². The molecule has 1 aliphatic rings. The van der Waals surface area contributed by atoms with E-state index in [4.69, 9.17) is 4.98 Å². The molecule has 21 heavy (non-hydrogen) atoms. The van der Waals surface area contributed by atoms with Crippen LogP contribution in [0.4, 0.5) is 0 Å². The summed E-state index contributed by atoms with van der Waals surface area (Å²) >= 11 is 0. The maximum Gasteiger partial charge on any atom is 0.209 e. The first-order valence-electron chi connectivity index (χ1n) is 7.63. The second-order valence-corrected chi connectivity index (χ2v) is 5.68. The standard InChI is InChI=1S/C16H22N4O/c1-3-13-4-5-14-15(10-13)18-16(17-14)12(2)20-8-6-19(11-21)7-9-20/h4-5,10-12H,3,6-9H2,1-2H3,(H,17,18). The van der Waals surface area contributed by atoms with Gasteiger partial charge in [-0.15, -0.1) is 0 Å². The minimum atomic E-state index is 0.247. The van der Waals surface area contributed by atoms with Crippen LogP contribution in [0.3, 0.4) is 0 Å². The smallest absolute Gasteiger partial charge is 0.209 e. The SMILES string of the molecule is CCc1ccc2nc(C(C)N3CCN(C=O)CC3)[nH]c2c1. The number of carbonyl (C=O) groups is 1. The van der Waals surface area contributed by atoms with Gasteiger partial charge in [-0.25, -0.2) is 4.98 Å². The van der Waals surface area contributed by atoms with E-state index in [0.717, 1.165) is 55.9 Å². The summed E-state index contributed by atoms with van der Waals surface area (Å²) in [6, 6.07) is 6.66. The first-order valence-corrected chi connectivity index (χ1v) is 7.63. The van der Waals surface area contributed by atoms with Crippen molar-refractivity contribution in [1.82, 2.24) is 19.8 Å². The number of hydrogen-bond acceptors (Lipinski definition) is 3. The van der Waals surface area contributed by atoms with E-state index in [1.54, 1.807) is 0 Å². The van der Waals surface area contributed by atoms with Gasteiger partial charge in [-0.2, -0.15) is 0 Å². The normalized spacial score (nSPS) is 18.1. The lowest BCUT2D eigenvalue weighted by Crippen LogP contribution is -2.46. The highest BCUT2D eigenvalue weighted by Crippen LogP contribution is 2.22. The van der Waals surface area contributed by atoms with Crippen LogP contribution in [0, 0.1) is 0 Å². The zero-order valence-corrected chi connectivity index (χ0v) is 12.7. The summed E-state index contributed by atoms with van der Waals surface area (Å²) in [6.45, 7) is 7.74. The van der Waals surface area contributed by atoms with E-state index in [1.807, 2.05) is 4.90 Å². The lowest BCUT2D eigenvalue weighted by molar-refractivity contribution is -0.120. The lowest BCUT2D eigenvalue weighted by atomic mass is 10.1. The summed E-state index contributed by atoms with van der Waals surface area (Å²) in [4.78, 5) is 23.2. The van der Waals surface area contributed by atoms with E-state index in [9.17, 15) is 4.79 Å². The highest BCUT2D eigenvalue weighted by molar-refractivity contribution is 5.76. The molecule has 3 rings (SSSR count). The molecule has 0 radical (unpaired) electrons. The fourth-order valence-electron chi connectivity index (χ4n) is 2.90. The predicted octanol–water partition coefficient (Wildman–Crippen LogP) is 1.96. The van der Waals surface area contributed by atoms with Gasteiger partial charge in [0.1, 0.15) is 5.82 Å². The number of carbonyl (C=O) groups excluding carboxylic acids is 1. The quantitative estimate of drug-likeness (QED) is 0.874. The summed E-state index contributed by atoms with van der Waals surface area (Å²) in [7, 11) is 0. The molecule has 0 bridgehead atoms. The maximum atomic E-state index is 10.8. The molecule has 2 heterocycles. The van der Waals surface area contributed by atoms with Gasteiger partial charge in [0.05, 0.1) is 17.1 Å². The van der Waals surface area contributed by atoms with E-state index < -0.39 is 0 Å². The van der Waals surface area contributed by atoms with Crippen molar-refractivity contribution >= 4 is 17.4 Å². The van der Waals surface area contributed by atoms with Crippen LogP contribution in [0.5, 0.6) is 0 Å². The minimum Gasteiger partial charge on any atom is -0.343 e. The van der Waals surface area contributed by atoms with Crippen molar-refractivity contribution in [2.24, 2.45) is 0 Å². The third-order valence-electron chi connectivity index (χ3n) is 4.41. The third-order valence-corrected chi connectivity index (χ3v) is 4.41. The molecule has 0 aliphatic carbocycles. The van der Waals surface area contributed by atoms with Crippen molar-refractivity contribution in [3.63, 3.8) is 0 Å². The van der Waals surface area contributed by atoms with Crippen LogP contribution in [0.2, 0.25) is 0 Å². The topological polar surface area (TPSA) is 52.2 Å². The largest absolute Gasteiger partial charge is 0.343 e. The van der Waals surface area contributed by atoms with Crippen molar-refractivity contribution in [2.45, 2.75) is 26.3 Å². The minimum absolute atomic E-state index is 0.247. The average Bonchev–Trinajstić information content (AvgIpc) is 2.97. The molecular weight excluding hydrogens is 264 g/mol. The Kier molecular flexibility index (Phi) is 3.92. The van der Waals surface area contributed by atoms with Crippen LogP contribution in [0.1, 0.15) is 31.3 Å². The molecule has 1 aromatic carbocycles. The molecule has 2 aromatic rings. The molecule has 0 saturated carbocycles. The van der Waals surface area contributed by atoms with Gasteiger partial charge in [0.15, 0.2) is 0 Å². The zero-order chi connectivity index (χ0) is 14.8. The van der Waals surface area contributed by atoms with E-state index in [-0.39, 0.29) is 6.04 Å². The van der Waals surface area contributed by atoms with Crippen LogP contribution in [0.15, 0.2) is 18.2 Å². The number of aromatic nitrogens is 2. The first-order chi connectivity index (χ1) is 10.2. The van der Waals surface area contributed by atoms with Crippen LogP contribution >= 0.6 is 0 Å². The monoisotopic (exact) mass is 286 g/mol. The van der Waals surface area contributed by atoms with Gasteiger partial charge in [-0.3, -0.25) is 9.69 Å². The fourth-order valence-corrected chi connectivity index (χ4v) is 2.90. The van der Waals surface area contributed by atoms with Crippen LogP contribution < -0.4 is 0 Å². The van der Waals surface area contributed by atoms with Crippen LogP contribution in [0.25, 0.3) is 11.0 Å². The average molecular weight is 286 g/mol. The second kappa shape index (κ2) is 5.85. The molecule has 5 heteroatoms. The molecule has 1 atom stereocenters. The summed E-state index contributed by atoms with van der Waals surface area (Å²) in [5.41, 5.74) is 3.47. The summed E-state index contributed by atoms with van der Waals surface area (Å²) in [5, 5.41) is 0. The van der Waals surface area contributed by atoms with E-state index in [2.05, 4.69) is 41.9 Å². The molecule has 1 saturated heterocycles. The van der Waals surface area contributed by atoms with Crippen molar-refractivity contribution in [3.05, 3.63) is 29.6 Å². The number of piperazine rings is 1. The Bertz CT molecular complexity index is 628. The Labute approximate surface area is 125 Å². The van der Waals surface area contributed by atoms with Gasteiger partial charge in [-0.1, -0.05) is 13.0 Å². The summed E-state index contributed by atoms with van der Waals surface area (Å²) < 4.78 is 0. The fraction of sp³-hybridized carbons (Fsp3) is 0.500. The number of nitrogens with one attached hydrogen (secondary N) is 1. The Balaban J connectivity index is 1.78. The molecule has 1 aliphatic heterocycles. The van der Waals surface area contributed by atoms with Crippen molar-refractivity contribution < 1.29 is 4.79 Å². The molecule has 5 nitrogen and oxygen atoms in total. The molecular formula is C16H22N4O. The van der Waals surface area contributed by atoms with E-state index in [1.165, 1.54) is 5.56 Å². The van der Waals surface area contributed by atoms with E-state index in [0.29, 0.717) is 0 Å². The predicted molar refractivity (Wildman–Crippen MR) is 83.1 cm³/mol. The Morgan fingerprint density at radius 1 is 1.33 bits per heavy atom. The molecule has 1 fully saturated rings. The highest BCUT2D eigenvalue weighted by Gasteiger charge is 2.23.